The van der Waals surface area contributed by atoms with Gasteiger partial charge in [0.25, 0.3) is 5.91 Å². The van der Waals surface area contributed by atoms with Crippen molar-refractivity contribution in [3.05, 3.63) is 33.8 Å². The molecule has 3 nitrogen and oxygen atoms in total. The zero-order valence-corrected chi connectivity index (χ0v) is 12.9. The Balaban J connectivity index is 1.80. The Morgan fingerprint density at radius 1 is 1.53 bits per heavy atom. The highest BCUT2D eigenvalue weighted by molar-refractivity contribution is 9.10. The molecule has 1 saturated heterocycles. The number of hydrogen-bond donors (Lipinski definition) is 2. The van der Waals surface area contributed by atoms with Crippen molar-refractivity contribution in [2.24, 2.45) is 5.92 Å². The molecule has 0 saturated carbocycles. The molecule has 1 amide bonds. The van der Waals surface area contributed by atoms with Crippen LogP contribution >= 0.6 is 15.9 Å². The van der Waals surface area contributed by atoms with Crippen molar-refractivity contribution in [3.63, 3.8) is 0 Å². The van der Waals surface area contributed by atoms with E-state index in [-0.39, 0.29) is 5.91 Å². The van der Waals surface area contributed by atoms with Crippen LogP contribution in [-0.2, 0) is 0 Å². The van der Waals surface area contributed by atoms with E-state index in [1.807, 2.05) is 25.1 Å². The summed E-state index contributed by atoms with van der Waals surface area (Å²) in [4.78, 5) is 12.1. The second kappa shape index (κ2) is 7.06. The topological polar surface area (TPSA) is 41.1 Å². The average Bonchev–Trinajstić information content (AvgIpc) is 2.39. The minimum atomic E-state index is 0.0359. The molecule has 0 radical (unpaired) electrons. The van der Waals surface area contributed by atoms with E-state index in [1.54, 1.807) is 0 Å². The molecule has 1 aliphatic rings. The van der Waals surface area contributed by atoms with Gasteiger partial charge in [-0.05, 0) is 69.0 Å². The van der Waals surface area contributed by atoms with Crippen LogP contribution in [-0.4, -0.2) is 25.5 Å². The van der Waals surface area contributed by atoms with Gasteiger partial charge < -0.3 is 10.6 Å². The number of rotatable bonds is 4. The summed E-state index contributed by atoms with van der Waals surface area (Å²) in [6.45, 7) is 4.96. The first-order chi connectivity index (χ1) is 9.16. The predicted molar refractivity (Wildman–Crippen MR) is 81.4 cm³/mol. The molecule has 0 spiro atoms. The zero-order valence-electron chi connectivity index (χ0n) is 11.3. The van der Waals surface area contributed by atoms with Crippen molar-refractivity contribution in [2.75, 3.05) is 19.6 Å². The standard InChI is InChI=1S/C15H21BrN2O/c1-11-9-13(16)4-5-14(11)15(19)18-8-6-12-3-2-7-17-10-12/h4-5,9,12,17H,2-3,6-8,10H2,1H3,(H,18,19). The Labute approximate surface area is 123 Å². The van der Waals surface area contributed by atoms with E-state index in [4.69, 9.17) is 0 Å². The van der Waals surface area contributed by atoms with Crippen molar-refractivity contribution in [1.82, 2.24) is 10.6 Å². The zero-order chi connectivity index (χ0) is 13.7. The largest absolute Gasteiger partial charge is 0.352 e. The fraction of sp³-hybridized carbons (Fsp3) is 0.533. The Kier molecular flexibility index (Phi) is 5.40. The Hall–Kier alpha value is -0.870. The minimum absolute atomic E-state index is 0.0359. The number of nitrogens with one attached hydrogen (secondary N) is 2. The third-order valence-electron chi connectivity index (χ3n) is 3.67. The monoisotopic (exact) mass is 324 g/mol. The van der Waals surface area contributed by atoms with Crippen LogP contribution in [0.15, 0.2) is 22.7 Å². The summed E-state index contributed by atoms with van der Waals surface area (Å²) in [5.41, 5.74) is 1.77. The summed E-state index contributed by atoms with van der Waals surface area (Å²) in [5, 5.41) is 6.43. The molecule has 2 rings (SSSR count). The second-order valence-corrected chi connectivity index (χ2v) is 6.13. The molecule has 0 aliphatic carbocycles. The summed E-state index contributed by atoms with van der Waals surface area (Å²) in [5.74, 6) is 0.744. The normalized spacial score (nSPS) is 19.2. The van der Waals surface area contributed by atoms with E-state index in [2.05, 4.69) is 26.6 Å². The molecule has 0 aromatic heterocycles. The van der Waals surface area contributed by atoms with Gasteiger partial charge in [-0.2, -0.15) is 0 Å². The van der Waals surface area contributed by atoms with E-state index in [9.17, 15) is 4.79 Å². The lowest BCUT2D eigenvalue weighted by Crippen LogP contribution is -2.33. The molecule has 19 heavy (non-hydrogen) atoms. The van der Waals surface area contributed by atoms with Crippen LogP contribution < -0.4 is 10.6 Å². The first-order valence-corrected chi connectivity index (χ1v) is 7.71. The smallest absolute Gasteiger partial charge is 0.251 e. The van der Waals surface area contributed by atoms with Gasteiger partial charge in [-0.3, -0.25) is 4.79 Å². The maximum atomic E-state index is 12.1. The van der Waals surface area contributed by atoms with Gasteiger partial charge in [0, 0.05) is 16.6 Å². The lowest BCUT2D eigenvalue weighted by Gasteiger charge is -2.22. The summed E-state index contributed by atoms with van der Waals surface area (Å²) in [6, 6.07) is 5.75. The first kappa shape index (κ1) is 14.5. The summed E-state index contributed by atoms with van der Waals surface area (Å²) >= 11 is 3.41. The van der Waals surface area contributed by atoms with Gasteiger partial charge in [0.2, 0.25) is 0 Å². The van der Waals surface area contributed by atoms with Crippen LogP contribution in [0.3, 0.4) is 0 Å². The van der Waals surface area contributed by atoms with E-state index >= 15 is 0 Å². The Bertz CT molecular complexity index is 442. The predicted octanol–water partition coefficient (Wildman–Crippen LogP) is 2.88. The van der Waals surface area contributed by atoms with Gasteiger partial charge in [-0.1, -0.05) is 15.9 Å². The highest BCUT2D eigenvalue weighted by Gasteiger charge is 2.14. The average molecular weight is 325 g/mol. The molecule has 1 aromatic rings. The molecule has 1 fully saturated rings. The Morgan fingerprint density at radius 2 is 2.37 bits per heavy atom. The lowest BCUT2D eigenvalue weighted by atomic mass is 9.96. The third kappa shape index (κ3) is 4.32. The molecule has 1 heterocycles. The molecule has 4 heteroatoms. The molecular weight excluding hydrogens is 304 g/mol. The highest BCUT2D eigenvalue weighted by atomic mass is 79.9. The first-order valence-electron chi connectivity index (χ1n) is 6.92. The van der Waals surface area contributed by atoms with Gasteiger partial charge in [0.15, 0.2) is 0 Å². The van der Waals surface area contributed by atoms with E-state index in [1.165, 1.54) is 12.8 Å². The third-order valence-corrected chi connectivity index (χ3v) is 4.16. The van der Waals surface area contributed by atoms with Crippen LogP contribution in [0, 0.1) is 12.8 Å². The van der Waals surface area contributed by atoms with Crippen LogP contribution in [0.4, 0.5) is 0 Å². The number of benzene rings is 1. The van der Waals surface area contributed by atoms with E-state index < -0.39 is 0 Å². The number of carbonyl (C=O) groups is 1. The Morgan fingerprint density at radius 3 is 3.05 bits per heavy atom. The lowest BCUT2D eigenvalue weighted by molar-refractivity contribution is 0.0950. The van der Waals surface area contributed by atoms with E-state index in [0.29, 0.717) is 5.92 Å². The molecule has 1 unspecified atom stereocenters. The van der Waals surface area contributed by atoms with Crippen LogP contribution in [0.25, 0.3) is 0 Å². The quantitative estimate of drug-likeness (QED) is 0.894. The van der Waals surface area contributed by atoms with Crippen LogP contribution in [0.2, 0.25) is 0 Å². The number of amides is 1. The van der Waals surface area contributed by atoms with Crippen molar-refractivity contribution >= 4 is 21.8 Å². The summed E-state index contributed by atoms with van der Waals surface area (Å²) in [7, 11) is 0. The fourth-order valence-corrected chi connectivity index (χ4v) is 3.01. The van der Waals surface area contributed by atoms with Gasteiger partial charge in [-0.15, -0.1) is 0 Å². The van der Waals surface area contributed by atoms with Crippen LogP contribution in [0.1, 0.15) is 35.2 Å². The number of hydrogen-bond acceptors (Lipinski definition) is 2. The highest BCUT2D eigenvalue weighted by Crippen LogP contribution is 2.16. The van der Waals surface area contributed by atoms with Gasteiger partial charge in [-0.25, -0.2) is 0 Å². The summed E-state index contributed by atoms with van der Waals surface area (Å²) < 4.78 is 1.01. The summed E-state index contributed by atoms with van der Waals surface area (Å²) in [6.07, 6.45) is 3.60. The number of aryl methyl sites for hydroxylation is 1. The van der Waals surface area contributed by atoms with Crippen molar-refractivity contribution in [3.8, 4) is 0 Å². The van der Waals surface area contributed by atoms with Gasteiger partial charge in [0.1, 0.15) is 0 Å². The number of carbonyl (C=O) groups excluding carboxylic acids is 1. The number of halogens is 1. The molecule has 0 bridgehead atoms. The second-order valence-electron chi connectivity index (χ2n) is 5.22. The van der Waals surface area contributed by atoms with E-state index in [0.717, 1.165) is 41.7 Å². The molecule has 1 atom stereocenters. The molecule has 1 aromatic carbocycles. The molecule has 104 valence electrons. The van der Waals surface area contributed by atoms with Gasteiger partial charge in [0.05, 0.1) is 0 Å². The SMILES string of the molecule is Cc1cc(Br)ccc1C(=O)NCCC1CCCNC1. The van der Waals surface area contributed by atoms with Crippen molar-refractivity contribution in [1.29, 1.82) is 0 Å². The van der Waals surface area contributed by atoms with Crippen molar-refractivity contribution < 1.29 is 4.79 Å². The maximum absolute atomic E-state index is 12.1. The fourth-order valence-electron chi connectivity index (χ4n) is 2.54. The van der Waals surface area contributed by atoms with Crippen LogP contribution in [0.5, 0.6) is 0 Å². The number of piperidine rings is 1. The molecular formula is C15H21BrN2O. The molecule has 1 aliphatic heterocycles. The van der Waals surface area contributed by atoms with Crippen molar-refractivity contribution in [2.45, 2.75) is 26.2 Å². The molecule has 2 N–H and O–H groups in total. The minimum Gasteiger partial charge on any atom is -0.352 e. The van der Waals surface area contributed by atoms with Gasteiger partial charge >= 0.3 is 0 Å². The maximum Gasteiger partial charge on any atom is 0.251 e.